The predicted octanol–water partition coefficient (Wildman–Crippen LogP) is 5.94. The molecule has 1 atom stereocenters. The van der Waals surface area contributed by atoms with Gasteiger partial charge in [-0.05, 0) is 12.8 Å². The largest absolute Gasteiger partial charge is 0.463 e. The standard InChI is InChI=1S/C24H47NO4/c1-4-6-8-10-12-14-16-18-23(26)25-22(20-28-3)21-29-24(27)19-17-15-13-11-9-7-5-2/h22H,4-21H2,1-3H3,(H,25,26). The Balaban J connectivity index is 3.80. The van der Waals surface area contributed by atoms with Crippen LogP contribution in [0, 0.1) is 0 Å². The van der Waals surface area contributed by atoms with Gasteiger partial charge in [0.2, 0.25) is 5.91 Å². The van der Waals surface area contributed by atoms with Crippen molar-refractivity contribution >= 4 is 11.9 Å². The third-order valence-corrected chi connectivity index (χ3v) is 5.17. The summed E-state index contributed by atoms with van der Waals surface area (Å²) in [5, 5.41) is 2.94. The van der Waals surface area contributed by atoms with Gasteiger partial charge in [0.05, 0.1) is 12.6 Å². The molecule has 0 radical (unpaired) electrons. The third-order valence-electron chi connectivity index (χ3n) is 5.17. The Morgan fingerprint density at radius 2 is 1.17 bits per heavy atom. The fourth-order valence-corrected chi connectivity index (χ4v) is 3.37. The minimum atomic E-state index is -0.268. The van der Waals surface area contributed by atoms with Crippen LogP contribution in [0.4, 0.5) is 0 Å². The predicted molar refractivity (Wildman–Crippen MR) is 120 cm³/mol. The topological polar surface area (TPSA) is 64.6 Å². The third kappa shape index (κ3) is 20.0. The average molecular weight is 414 g/mol. The summed E-state index contributed by atoms with van der Waals surface area (Å²) >= 11 is 0. The molecule has 0 aliphatic rings. The molecule has 29 heavy (non-hydrogen) atoms. The molecule has 0 saturated heterocycles. The van der Waals surface area contributed by atoms with Gasteiger partial charge in [-0.25, -0.2) is 0 Å². The lowest BCUT2D eigenvalue weighted by atomic mass is 10.1. The van der Waals surface area contributed by atoms with E-state index < -0.39 is 0 Å². The van der Waals surface area contributed by atoms with Crippen LogP contribution in [0.3, 0.4) is 0 Å². The Bertz CT molecular complexity index is 387. The van der Waals surface area contributed by atoms with Crippen LogP contribution in [0.25, 0.3) is 0 Å². The summed E-state index contributed by atoms with van der Waals surface area (Å²) in [7, 11) is 1.59. The molecule has 0 aliphatic heterocycles. The molecule has 0 spiro atoms. The van der Waals surface area contributed by atoms with Gasteiger partial charge in [-0.1, -0.05) is 90.9 Å². The highest BCUT2D eigenvalue weighted by Gasteiger charge is 2.14. The van der Waals surface area contributed by atoms with Crippen LogP contribution in [-0.2, 0) is 19.1 Å². The number of hydrogen-bond acceptors (Lipinski definition) is 4. The molecule has 0 heterocycles. The number of nitrogens with one attached hydrogen (secondary N) is 1. The Kier molecular flexibility index (Phi) is 20.8. The molecule has 1 amide bonds. The van der Waals surface area contributed by atoms with E-state index in [1.807, 2.05) is 0 Å². The summed E-state index contributed by atoms with van der Waals surface area (Å²) in [6.45, 7) is 4.97. The molecule has 0 aromatic carbocycles. The minimum absolute atomic E-state index is 0.0173. The maximum atomic E-state index is 12.1. The van der Waals surface area contributed by atoms with Crippen LogP contribution in [0.2, 0.25) is 0 Å². The minimum Gasteiger partial charge on any atom is -0.463 e. The fourth-order valence-electron chi connectivity index (χ4n) is 3.37. The van der Waals surface area contributed by atoms with E-state index >= 15 is 0 Å². The smallest absolute Gasteiger partial charge is 0.305 e. The van der Waals surface area contributed by atoms with Crippen molar-refractivity contribution in [2.75, 3.05) is 20.3 Å². The summed E-state index contributed by atoms with van der Waals surface area (Å²) in [6.07, 6.45) is 17.6. The van der Waals surface area contributed by atoms with E-state index in [4.69, 9.17) is 9.47 Å². The van der Waals surface area contributed by atoms with E-state index in [1.165, 1.54) is 64.2 Å². The average Bonchev–Trinajstić information content (AvgIpc) is 2.71. The van der Waals surface area contributed by atoms with Gasteiger partial charge >= 0.3 is 5.97 Å². The van der Waals surface area contributed by atoms with Crippen molar-refractivity contribution in [3.8, 4) is 0 Å². The van der Waals surface area contributed by atoms with Crippen molar-refractivity contribution in [3.63, 3.8) is 0 Å². The van der Waals surface area contributed by atoms with E-state index in [0.29, 0.717) is 19.4 Å². The molecule has 0 aromatic rings. The number of carbonyl (C=O) groups is 2. The molecule has 0 bridgehead atoms. The van der Waals surface area contributed by atoms with E-state index in [0.717, 1.165) is 25.7 Å². The Labute approximate surface area is 179 Å². The van der Waals surface area contributed by atoms with Gasteiger partial charge in [0.1, 0.15) is 6.61 Å². The van der Waals surface area contributed by atoms with Crippen molar-refractivity contribution < 1.29 is 19.1 Å². The number of rotatable bonds is 21. The Hall–Kier alpha value is -1.10. The number of amides is 1. The number of esters is 1. The SMILES string of the molecule is CCCCCCCCCC(=O)NC(COC)COC(=O)CCCCCCCCC. The molecule has 172 valence electrons. The number of carbonyl (C=O) groups excluding carboxylic acids is 2. The van der Waals surface area contributed by atoms with E-state index in [2.05, 4.69) is 19.2 Å². The summed E-state index contributed by atoms with van der Waals surface area (Å²) in [5.41, 5.74) is 0. The van der Waals surface area contributed by atoms with Crippen LogP contribution in [0.5, 0.6) is 0 Å². The first kappa shape index (κ1) is 27.9. The highest BCUT2D eigenvalue weighted by molar-refractivity contribution is 5.76. The molecular formula is C24H47NO4. The zero-order valence-electron chi connectivity index (χ0n) is 19.4. The zero-order chi connectivity index (χ0) is 21.6. The molecule has 1 unspecified atom stereocenters. The quantitative estimate of drug-likeness (QED) is 0.187. The molecular weight excluding hydrogens is 366 g/mol. The van der Waals surface area contributed by atoms with E-state index in [9.17, 15) is 9.59 Å². The molecule has 0 fully saturated rings. The van der Waals surface area contributed by atoms with Gasteiger partial charge in [0, 0.05) is 20.0 Å². The van der Waals surface area contributed by atoms with Crippen LogP contribution >= 0.6 is 0 Å². The lowest BCUT2D eigenvalue weighted by molar-refractivity contribution is -0.145. The van der Waals surface area contributed by atoms with E-state index in [-0.39, 0.29) is 24.5 Å². The first-order chi connectivity index (χ1) is 14.1. The number of ether oxygens (including phenoxy) is 2. The maximum absolute atomic E-state index is 12.1. The second-order valence-electron chi connectivity index (χ2n) is 8.15. The normalized spacial score (nSPS) is 12.0. The number of unbranched alkanes of at least 4 members (excludes halogenated alkanes) is 12. The first-order valence-corrected chi connectivity index (χ1v) is 12.1. The number of methoxy groups -OCH3 is 1. The second kappa shape index (κ2) is 21.6. The summed E-state index contributed by atoms with van der Waals surface area (Å²) in [6, 6.07) is -0.268. The van der Waals surface area contributed by atoms with Gasteiger partial charge in [-0.15, -0.1) is 0 Å². The van der Waals surface area contributed by atoms with Gasteiger partial charge < -0.3 is 14.8 Å². The maximum Gasteiger partial charge on any atom is 0.305 e. The molecule has 5 nitrogen and oxygen atoms in total. The first-order valence-electron chi connectivity index (χ1n) is 12.1. The summed E-state index contributed by atoms with van der Waals surface area (Å²) in [5.74, 6) is -0.162. The number of hydrogen-bond donors (Lipinski definition) is 1. The van der Waals surface area contributed by atoms with Gasteiger partial charge in [-0.3, -0.25) is 9.59 Å². The zero-order valence-corrected chi connectivity index (χ0v) is 19.4. The van der Waals surface area contributed by atoms with Gasteiger partial charge in [0.25, 0.3) is 0 Å². The van der Waals surface area contributed by atoms with Crippen LogP contribution < -0.4 is 5.32 Å². The molecule has 5 heteroatoms. The van der Waals surface area contributed by atoms with Gasteiger partial charge in [-0.2, -0.15) is 0 Å². The van der Waals surface area contributed by atoms with Crippen molar-refractivity contribution in [3.05, 3.63) is 0 Å². The van der Waals surface area contributed by atoms with Crippen molar-refractivity contribution in [2.24, 2.45) is 0 Å². The highest BCUT2D eigenvalue weighted by atomic mass is 16.5. The monoisotopic (exact) mass is 413 g/mol. The summed E-state index contributed by atoms with van der Waals surface area (Å²) in [4.78, 5) is 24.0. The van der Waals surface area contributed by atoms with Crippen molar-refractivity contribution in [1.82, 2.24) is 5.32 Å². The Morgan fingerprint density at radius 3 is 1.69 bits per heavy atom. The van der Waals surface area contributed by atoms with Crippen molar-refractivity contribution in [2.45, 2.75) is 123 Å². The molecule has 0 rings (SSSR count). The molecule has 1 N–H and O–H groups in total. The summed E-state index contributed by atoms with van der Waals surface area (Å²) < 4.78 is 10.5. The lowest BCUT2D eigenvalue weighted by Gasteiger charge is -2.18. The van der Waals surface area contributed by atoms with Crippen LogP contribution in [0.15, 0.2) is 0 Å². The van der Waals surface area contributed by atoms with Crippen molar-refractivity contribution in [1.29, 1.82) is 0 Å². The second-order valence-corrected chi connectivity index (χ2v) is 8.15. The highest BCUT2D eigenvalue weighted by Crippen LogP contribution is 2.10. The molecule has 0 aromatic heterocycles. The molecule has 0 aliphatic carbocycles. The van der Waals surface area contributed by atoms with Crippen LogP contribution in [0.1, 0.15) is 117 Å². The fraction of sp³-hybridized carbons (Fsp3) is 0.917. The lowest BCUT2D eigenvalue weighted by Crippen LogP contribution is -2.41. The van der Waals surface area contributed by atoms with Gasteiger partial charge in [0.15, 0.2) is 0 Å². The van der Waals surface area contributed by atoms with Crippen LogP contribution in [-0.4, -0.2) is 38.2 Å². The Morgan fingerprint density at radius 1 is 0.690 bits per heavy atom. The van der Waals surface area contributed by atoms with E-state index in [1.54, 1.807) is 7.11 Å². The molecule has 0 saturated carbocycles.